The zero-order chi connectivity index (χ0) is 10.3. The van der Waals surface area contributed by atoms with E-state index in [1.165, 1.54) is 0 Å². The van der Waals surface area contributed by atoms with Crippen molar-refractivity contribution in [1.82, 2.24) is 10.6 Å². The van der Waals surface area contributed by atoms with E-state index in [2.05, 4.69) is 22.8 Å². The highest BCUT2D eigenvalue weighted by atomic mass is 16.1. The van der Waals surface area contributed by atoms with E-state index in [-0.39, 0.29) is 5.91 Å². The molecule has 1 saturated heterocycles. The van der Waals surface area contributed by atoms with E-state index < -0.39 is 0 Å². The van der Waals surface area contributed by atoms with Crippen molar-refractivity contribution in [3.05, 3.63) is 12.2 Å². The predicted molar refractivity (Wildman–Crippen MR) is 58.3 cm³/mol. The molecule has 3 unspecified atom stereocenters. The summed E-state index contributed by atoms with van der Waals surface area (Å²) in [5.74, 6) is 2.22. The minimum absolute atomic E-state index is 0.256. The highest BCUT2D eigenvalue weighted by molar-refractivity contribution is 5.77. The SMILES string of the molecule is O=C(CC1C=CCC1)NC1C2CNCC21. The smallest absolute Gasteiger partial charge is 0.220 e. The molecule has 1 heterocycles. The van der Waals surface area contributed by atoms with Gasteiger partial charge in [-0.05, 0) is 30.6 Å². The minimum Gasteiger partial charge on any atom is -0.353 e. The number of amides is 1. The summed E-state index contributed by atoms with van der Waals surface area (Å²) in [5.41, 5.74) is 0. The number of allylic oxidation sites excluding steroid dienone is 2. The molecule has 0 spiro atoms. The Labute approximate surface area is 90.3 Å². The molecule has 3 atom stereocenters. The average Bonchev–Trinajstić information content (AvgIpc) is 2.65. The van der Waals surface area contributed by atoms with Crippen LogP contribution in [0.2, 0.25) is 0 Å². The summed E-state index contributed by atoms with van der Waals surface area (Å²) in [6.45, 7) is 2.19. The van der Waals surface area contributed by atoms with Crippen LogP contribution in [0.25, 0.3) is 0 Å². The Morgan fingerprint density at radius 3 is 2.87 bits per heavy atom. The van der Waals surface area contributed by atoms with Crippen molar-refractivity contribution in [2.75, 3.05) is 13.1 Å². The van der Waals surface area contributed by atoms with Gasteiger partial charge < -0.3 is 10.6 Å². The van der Waals surface area contributed by atoms with E-state index in [0.717, 1.165) is 37.8 Å². The van der Waals surface area contributed by atoms with Gasteiger partial charge in [0.1, 0.15) is 0 Å². The van der Waals surface area contributed by atoms with Crippen molar-refractivity contribution in [3.63, 3.8) is 0 Å². The third-order valence-corrected chi connectivity index (χ3v) is 3.98. The number of hydrogen-bond donors (Lipinski definition) is 2. The Morgan fingerprint density at radius 2 is 2.20 bits per heavy atom. The van der Waals surface area contributed by atoms with Crippen LogP contribution >= 0.6 is 0 Å². The largest absolute Gasteiger partial charge is 0.353 e. The van der Waals surface area contributed by atoms with Crippen molar-refractivity contribution >= 4 is 5.91 Å². The van der Waals surface area contributed by atoms with Gasteiger partial charge in [-0.25, -0.2) is 0 Å². The highest BCUT2D eigenvalue weighted by Crippen LogP contribution is 2.41. The molecule has 2 N–H and O–H groups in total. The van der Waals surface area contributed by atoms with Crippen molar-refractivity contribution < 1.29 is 4.79 Å². The molecule has 82 valence electrons. The number of carbonyl (C=O) groups excluding carboxylic acids is 1. The van der Waals surface area contributed by atoms with E-state index >= 15 is 0 Å². The van der Waals surface area contributed by atoms with Crippen LogP contribution in [-0.2, 0) is 4.79 Å². The lowest BCUT2D eigenvalue weighted by molar-refractivity contribution is -0.122. The Bertz CT molecular complexity index is 290. The van der Waals surface area contributed by atoms with E-state index in [4.69, 9.17) is 0 Å². The second-order valence-corrected chi connectivity index (χ2v) is 5.05. The number of piperidine rings is 1. The summed E-state index contributed by atoms with van der Waals surface area (Å²) in [4.78, 5) is 11.7. The topological polar surface area (TPSA) is 41.1 Å². The fraction of sp³-hybridized carbons (Fsp3) is 0.750. The summed E-state index contributed by atoms with van der Waals surface area (Å²) < 4.78 is 0. The van der Waals surface area contributed by atoms with Crippen LogP contribution in [0.4, 0.5) is 0 Å². The van der Waals surface area contributed by atoms with Crippen LogP contribution in [0.5, 0.6) is 0 Å². The van der Waals surface area contributed by atoms with Gasteiger partial charge in [0.2, 0.25) is 5.91 Å². The Kier molecular flexibility index (Phi) is 2.28. The van der Waals surface area contributed by atoms with Crippen LogP contribution in [0, 0.1) is 17.8 Å². The second-order valence-electron chi connectivity index (χ2n) is 5.05. The number of carbonyl (C=O) groups is 1. The van der Waals surface area contributed by atoms with Gasteiger partial charge in [-0.2, -0.15) is 0 Å². The fourth-order valence-corrected chi connectivity index (χ4v) is 2.98. The maximum Gasteiger partial charge on any atom is 0.220 e. The molecule has 1 aliphatic heterocycles. The molecule has 2 aliphatic carbocycles. The first-order chi connectivity index (χ1) is 7.34. The van der Waals surface area contributed by atoms with Gasteiger partial charge in [-0.1, -0.05) is 12.2 Å². The molecule has 0 bridgehead atoms. The van der Waals surface area contributed by atoms with Gasteiger partial charge >= 0.3 is 0 Å². The zero-order valence-electron chi connectivity index (χ0n) is 8.91. The first-order valence-electron chi connectivity index (χ1n) is 6.01. The van der Waals surface area contributed by atoms with Gasteiger partial charge in [-0.15, -0.1) is 0 Å². The Hall–Kier alpha value is -0.830. The molecule has 3 rings (SSSR count). The quantitative estimate of drug-likeness (QED) is 0.667. The van der Waals surface area contributed by atoms with Crippen LogP contribution < -0.4 is 10.6 Å². The summed E-state index contributed by atoms with van der Waals surface area (Å²) in [6.07, 6.45) is 7.38. The molecule has 0 aromatic rings. The standard InChI is InChI=1S/C12H18N2O/c15-11(5-8-3-1-2-4-8)14-12-9-6-13-7-10(9)12/h1,3,8-10,12-13H,2,4-7H2,(H,14,15). The summed E-state index contributed by atoms with van der Waals surface area (Å²) in [6, 6.07) is 0.490. The van der Waals surface area contributed by atoms with Crippen LogP contribution in [-0.4, -0.2) is 25.0 Å². The molecule has 2 fully saturated rings. The lowest BCUT2D eigenvalue weighted by atomic mass is 10.1. The van der Waals surface area contributed by atoms with Gasteiger partial charge in [0.25, 0.3) is 0 Å². The summed E-state index contributed by atoms with van der Waals surface area (Å²) >= 11 is 0. The minimum atomic E-state index is 0.256. The summed E-state index contributed by atoms with van der Waals surface area (Å²) in [5, 5.41) is 6.51. The summed E-state index contributed by atoms with van der Waals surface area (Å²) in [7, 11) is 0. The lowest BCUT2D eigenvalue weighted by Crippen LogP contribution is -2.33. The highest BCUT2D eigenvalue weighted by Gasteiger charge is 2.53. The maximum absolute atomic E-state index is 11.7. The Morgan fingerprint density at radius 1 is 1.40 bits per heavy atom. The molecular formula is C12H18N2O. The molecule has 0 radical (unpaired) electrons. The monoisotopic (exact) mass is 206 g/mol. The van der Waals surface area contributed by atoms with Crippen molar-refractivity contribution in [1.29, 1.82) is 0 Å². The predicted octanol–water partition coefficient (Wildman–Crippen LogP) is 0.677. The third kappa shape index (κ3) is 1.81. The molecule has 0 aromatic heterocycles. The van der Waals surface area contributed by atoms with Crippen molar-refractivity contribution in [2.24, 2.45) is 17.8 Å². The average molecular weight is 206 g/mol. The molecule has 0 aromatic carbocycles. The lowest BCUT2D eigenvalue weighted by Gasteiger charge is -2.10. The van der Waals surface area contributed by atoms with E-state index in [1.54, 1.807) is 0 Å². The van der Waals surface area contributed by atoms with Crippen LogP contribution in [0.15, 0.2) is 12.2 Å². The molecule has 15 heavy (non-hydrogen) atoms. The third-order valence-electron chi connectivity index (χ3n) is 3.98. The molecule has 1 saturated carbocycles. The van der Waals surface area contributed by atoms with E-state index in [9.17, 15) is 4.79 Å². The van der Waals surface area contributed by atoms with Crippen molar-refractivity contribution in [2.45, 2.75) is 25.3 Å². The van der Waals surface area contributed by atoms with Crippen LogP contribution in [0.3, 0.4) is 0 Å². The number of nitrogens with one attached hydrogen (secondary N) is 2. The second kappa shape index (κ2) is 3.63. The van der Waals surface area contributed by atoms with Gasteiger partial charge in [0, 0.05) is 25.6 Å². The van der Waals surface area contributed by atoms with Crippen molar-refractivity contribution in [3.8, 4) is 0 Å². The number of fused-ring (bicyclic) bond motifs is 1. The van der Waals surface area contributed by atoms with E-state index in [0.29, 0.717) is 18.4 Å². The van der Waals surface area contributed by atoms with Gasteiger partial charge in [0.15, 0.2) is 0 Å². The normalized spacial score (nSPS) is 41.6. The fourth-order valence-electron chi connectivity index (χ4n) is 2.98. The van der Waals surface area contributed by atoms with Crippen LogP contribution in [0.1, 0.15) is 19.3 Å². The van der Waals surface area contributed by atoms with Gasteiger partial charge in [0.05, 0.1) is 0 Å². The van der Waals surface area contributed by atoms with E-state index in [1.807, 2.05) is 0 Å². The maximum atomic E-state index is 11.7. The molecule has 3 nitrogen and oxygen atoms in total. The number of rotatable bonds is 3. The molecule has 3 heteroatoms. The zero-order valence-corrected chi connectivity index (χ0v) is 8.91. The molecular weight excluding hydrogens is 188 g/mol. The molecule has 1 amide bonds. The first-order valence-corrected chi connectivity index (χ1v) is 6.01. The number of hydrogen-bond acceptors (Lipinski definition) is 2. The molecule has 3 aliphatic rings. The van der Waals surface area contributed by atoms with Gasteiger partial charge in [-0.3, -0.25) is 4.79 Å². The Balaban J connectivity index is 1.44. The first kappa shape index (κ1) is 9.40.